The monoisotopic (exact) mass is 276 g/mol. The standard InChI is InChI=1S/C18H28O2/c1-2-3-4-5-6-7-8-9-10-11-12-13-14-15-16-17-18(19)20/h1H,3,6-17H2,(H,19,20). The molecule has 0 spiro atoms. The summed E-state index contributed by atoms with van der Waals surface area (Å²) >= 11 is 0. The molecule has 0 aliphatic carbocycles. The number of carboxylic acids is 1. The van der Waals surface area contributed by atoms with Gasteiger partial charge >= 0.3 is 5.97 Å². The van der Waals surface area contributed by atoms with Crippen molar-refractivity contribution in [3.63, 3.8) is 0 Å². The number of hydrogen-bond donors (Lipinski definition) is 1. The molecule has 112 valence electrons. The summed E-state index contributed by atoms with van der Waals surface area (Å²) in [5.41, 5.74) is 0. The average Bonchev–Trinajstić information content (AvgIpc) is 2.43. The third-order valence-corrected chi connectivity index (χ3v) is 3.26. The van der Waals surface area contributed by atoms with Gasteiger partial charge in [0.1, 0.15) is 0 Å². The molecule has 0 radical (unpaired) electrons. The van der Waals surface area contributed by atoms with E-state index >= 15 is 0 Å². The van der Waals surface area contributed by atoms with Gasteiger partial charge in [0.15, 0.2) is 0 Å². The maximum atomic E-state index is 10.3. The molecule has 0 heterocycles. The fraction of sp³-hybridized carbons (Fsp3) is 0.722. The zero-order valence-corrected chi connectivity index (χ0v) is 12.6. The van der Waals surface area contributed by atoms with Crippen molar-refractivity contribution in [1.29, 1.82) is 0 Å². The Morgan fingerprint density at radius 2 is 1.30 bits per heavy atom. The van der Waals surface area contributed by atoms with Crippen molar-refractivity contribution in [1.82, 2.24) is 0 Å². The molecule has 0 aliphatic rings. The van der Waals surface area contributed by atoms with E-state index in [-0.39, 0.29) is 0 Å². The van der Waals surface area contributed by atoms with Gasteiger partial charge in [-0.2, -0.15) is 0 Å². The molecule has 0 aromatic heterocycles. The van der Waals surface area contributed by atoms with Crippen LogP contribution < -0.4 is 0 Å². The Morgan fingerprint density at radius 1 is 0.800 bits per heavy atom. The Hall–Kier alpha value is -1.41. The second-order valence-corrected chi connectivity index (χ2v) is 5.16. The van der Waals surface area contributed by atoms with Gasteiger partial charge in [0.2, 0.25) is 0 Å². The van der Waals surface area contributed by atoms with Crippen LogP contribution in [-0.4, -0.2) is 11.1 Å². The lowest BCUT2D eigenvalue weighted by atomic mass is 10.1. The van der Waals surface area contributed by atoms with Crippen molar-refractivity contribution in [2.75, 3.05) is 0 Å². The minimum absolute atomic E-state index is 0.324. The Balaban J connectivity index is 3.05. The van der Waals surface area contributed by atoms with Crippen molar-refractivity contribution in [3.8, 4) is 24.2 Å². The van der Waals surface area contributed by atoms with Crippen molar-refractivity contribution >= 4 is 5.97 Å². The fourth-order valence-electron chi connectivity index (χ4n) is 2.11. The van der Waals surface area contributed by atoms with Gasteiger partial charge in [0.05, 0.1) is 6.42 Å². The summed E-state index contributed by atoms with van der Waals surface area (Å²) < 4.78 is 0. The second-order valence-electron chi connectivity index (χ2n) is 5.16. The highest BCUT2D eigenvalue weighted by atomic mass is 16.4. The summed E-state index contributed by atoms with van der Waals surface area (Å²) in [6.45, 7) is 0. The largest absolute Gasteiger partial charge is 0.481 e. The zero-order valence-electron chi connectivity index (χ0n) is 12.6. The van der Waals surface area contributed by atoms with Crippen LogP contribution in [0.15, 0.2) is 0 Å². The van der Waals surface area contributed by atoms with Crippen LogP contribution in [0.3, 0.4) is 0 Å². The van der Waals surface area contributed by atoms with Gasteiger partial charge in [-0.15, -0.1) is 12.3 Å². The molecule has 0 fully saturated rings. The van der Waals surface area contributed by atoms with Crippen molar-refractivity contribution in [2.24, 2.45) is 0 Å². The summed E-state index contributed by atoms with van der Waals surface area (Å²) in [6, 6.07) is 0. The molecule has 0 saturated heterocycles. The minimum atomic E-state index is -0.672. The van der Waals surface area contributed by atoms with Gasteiger partial charge < -0.3 is 5.11 Å². The van der Waals surface area contributed by atoms with Gasteiger partial charge in [-0.1, -0.05) is 63.2 Å². The molecule has 0 unspecified atom stereocenters. The summed E-state index contributed by atoms with van der Waals surface area (Å²) in [6.07, 6.45) is 19.0. The minimum Gasteiger partial charge on any atom is -0.481 e. The highest BCUT2D eigenvalue weighted by Crippen LogP contribution is 2.11. The molecule has 0 aliphatic heterocycles. The lowest BCUT2D eigenvalue weighted by Crippen LogP contribution is -1.93. The third-order valence-electron chi connectivity index (χ3n) is 3.26. The van der Waals surface area contributed by atoms with Crippen LogP contribution in [0.5, 0.6) is 0 Å². The first-order valence-electron chi connectivity index (χ1n) is 7.88. The lowest BCUT2D eigenvalue weighted by molar-refractivity contribution is -0.137. The van der Waals surface area contributed by atoms with Crippen LogP contribution in [0.2, 0.25) is 0 Å². The van der Waals surface area contributed by atoms with E-state index in [9.17, 15) is 4.79 Å². The highest BCUT2D eigenvalue weighted by molar-refractivity contribution is 5.66. The van der Waals surface area contributed by atoms with Gasteiger partial charge in [-0.3, -0.25) is 4.79 Å². The molecule has 0 aromatic rings. The van der Waals surface area contributed by atoms with E-state index in [0.29, 0.717) is 12.8 Å². The molecule has 2 nitrogen and oxygen atoms in total. The van der Waals surface area contributed by atoms with Crippen molar-refractivity contribution < 1.29 is 9.90 Å². The summed E-state index contributed by atoms with van der Waals surface area (Å²) in [5.74, 6) is 7.89. The maximum absolute atomic E-state index is 10.3. The molecular weight excluding hydrogens is 248 g/mol. The SMILES string of the molecule is C#CCC#CCCCCCCCCCCCCC(=O)O. The first-order valence-corrected chi connectivity index (χ1v) is 7.88. The van der Waals surface area contributed by atoms with E-state index in [1.165, 1.54) is 51.4 Å². The Kier molecular flexibility index (Phi) is 14.5. The molecule has 0 amide bonds. The molecule has 20 heavy (non-hydrogen) atoms. The van der Waals surface area contributed by atoms with E-state index in [1.54, 1.807) is 0 Å². The highest BCUT2D eigenvalue weighted by Gasteiger charge is 1.96. The van der Waals surface area contributed by atoms with E-state index < -0.39 is 5.97 Å². The number of unbranched alkanes of at least 4 members (excludes halogenated alkanes) is 10. The molecular formula is C18H28O2. The van der Waals surface area contributed by atoms with Gasteiger partial charge in [-0.05, 0) is 12.8 Å². The maximum Gasteiger partial charge on any atom is 0.303 e. The normalized spacial score (nSPS) is 9.55. The molecule has 0 bridgehead atoms. The number of aliphatic carboxylic acids is 1. The van der Waals surface area contributed by atoms with Crippen molar-refractivity contribution in [2.45, 2.75) is 83.5 Å². The molecule has 0 saturated carbocycles. The predicted octanol–water partition coefficient (Wildman–Crippen LogP) is 4.78. The van der Waals surface area contributed by atoms with Gasteiger partial charge in [0, 0.05) is 12.8 Å². The Labute approximate surface area is 124 Å². The van der Waals surface area contributed by atoms with Gasteiger partial charge in [0.25, 0.3) is 0 Å². The molecule has 0 rings (SSSR count). The summed E-state index contributed by atoms with van der Waals surface area (Å²) in [7, 11) is 0. The summed E-state index contributed by atoms with van der Waals surface area (Å²) in [5, 5.41) is 8.50. The summed E-state index contributed by atoms with van der Waals surface area (Å²) in [4.78, 5) is 10.3. The topological polar surface area (TPSA) is 37.3 Å². The number of carboxylic acid groups (broad SMARTS) is 1. The molecule has 0 aromatic carbocycles. The lowest BCUT2D eigenvalue weighted by Gasteiger charge is -2.01. The second kappa shape index (κ2) is 15.6. The van der Waals surface area contributed by atoms with Crippen molar-refractivity contribution in [3.05, 3.63) is 0 Å². The number of rotatable bonds is 12. The Bertz CT molecular complexity index is 328. The predicted molar refractivity (Wildman–Crippen MR) is 84.3 cm³/mol. The van der Waals surface area contributed by atoms with E-state index in [4.69, 9.17) is 11.5 Å². The van der Waals surface area contributed by atoms with E-state index in [0.717, 1.165) is 19.3 Å². The van der Waals surface area contributed by atoms with Crippen LogP contribution in [0.4, 0.5) is 0 Å². The van der Waals surface area contributed by atoms with E-state index in [2.05, 4.69) is 17.8 Å². The van der Waals surface area contributed by atoms with Gasteiger partial charge in [-0.25, -0.2) is 0 Å². The van der Waals surface area contributed by atoms with Crippen LogP contribution in [0.25, 0.3) is 0 Å². The molecule has 1 N–H and O–H groups in total. The number of hydrogen-bond acceptors (Lipinski definition) is 1. The van der Waals surface area contributed by atoms with Crippen LogP contribution in [0.1, 0.15) is 83.5 Å². The average molecular weight is 276 g/mol. The fourth-order valence-corrected chi connectivity index (χ4v) is 2.11. The third kappa shape index (κ3) is 16.6. The number of terminal acetylenes is 1. The first kappa shape index (κ1) is 18.6. The zero-order chi connectivity index (χ0) is 14.9. The first-order chi connectivity index (χ1) is 9.77. The smallest absolute Gasteiger partial charge is 0.303 e. The number of carbonyl (C=O) groups is 1. The Morgan fingerprint density at radius 3 is 1.80 bits per heavy atom. The van der Waals surface area contributed by atoms with Crippen LogP contribution in [0, 0.1) is 24.2 Å². The quantitative estimate of drug-likeness (QED) is 0.411. The molecule has 2 heteroatoms. The van der Waals surface area contributed by atoms with Crippen LogP contribution >= 0.6 is 0 Å². The molecule has 0 atom stereocenters. The van der Waals surface area contributed by atoms with Crippen LogP contribution in [-0.2, 0) is 4.79 Å². The van der Waals surface area contributed by atoms with E-state index in [1.807, 2.05) is 0 Å².